The summed E-state index contributed by atoms with van der Waals surface area (Å²) in [7, 11) is 0. The average molecular weight is 179 g/mol. The van der Waals surface area contributed by atoms with Gasteiger partial charge in [0.1, 0.15) is 0 Å². The topological polar surface area (TPSA) is 21.3 Å². The lowest BCUT2D eigenvalue weighted by Gasteiger charge is -2.18. The lowest BCUT2D eigenvalue weighted by atomic mass is 10.0. The van der Waals surface area contributed by atoms with Crippen molar-refractivity contribution in [1.29, 1.82) is 0 Å². The molecule has 0 amide bonds. The normalized spacial score (nSPS) is 28.2. The Bertz CT molecular complexity index is 236. The molecule has 2 rings (SSSR count). The minimum Gasteiger partial charge on any atom is -0.383 e. The van der Waals surface area contributed by atoms with E-state index in [0.29, 0.717) is 6.04 Å². The molecule has 72 valence electrons. The number of hydrogen-bond donors (Lipinski definition) is 1. The fraction of sp³-hybridized carbons (Fsp3) is 0.636. The first-order chi connectivity index (χ1) is 6.34. The molecule has 1 unspecified atom stereocenters. The van der Waals surface area contributed by atoms with Crippen molar-refractivity contribution >= 4 is 0 Å². The van der Waals surface area contributed by atoms with Gasteiger partial charge in [0.15, 0.2) is 0 Å². The third kappa shape index (κ3) is 2.34. The molecule has 0 spiro atoms. The molecule has 0 aromatic carbocycles. The molecule has 1 atom stereocenters. The monoisotopic (exact) mass is 179 g/mol. The van der Waals surface area contributed by atoms with Crippen LogP contribution in [0.4, 0.5) is 0 Å². The van der Waals surface area contributed by atoms with Gasteiger partial charge in [0.05, 0.1) is 12.6 Å². The van der Waals surface area contributed by atoms with Gasteiger partial charge in [0.25, 0.3) is 0 Å². The largest absolute Gasteiger partial charge is 0.383 e. The van der Waals surface area contributed by atoms with Crippen LogP contribution in [-0.4, -0.2) is 19.3 Å². The third-order valence-corrected chi connectivity index (χ3v) is 2.68. The van der Waals surface area contributed by atoms with Crippen molar-refractivity contribution in [2.24, 2.45) is 0 Å². The highest BCUT2D eigenvalue weighted by atomic mass is 16.5. The van der Waals surface area contributed by atoms with Crippen molar-refractivity contribution in [2.75, 3.05) is 13.2 Å². The summed E-state index contributed by atoms with van der Waals surface area (Å²) in [5.41, 5.74) is 2.86. The van der Waals surface area contributed by atoms with Crippen LogP contribution in [0.1, 0.15) is 26.2 Å². The highest BCUT2D eigenvalue weighted by Crippen LogP contribution is 2.17. The zero-order chi connectivity index (χ0) is 9.10. The number of ether oxygens (including phenoxy) is 1. The van der Waals surface area contributed by atoms with Crippen molar-refractivity contribution in [3.05, 3.63) is 23.4 Å². The van der Waals surface area contributed by atoms with Gasteiger partial charge in [-0.05, 0) is 32.3 Å². The molecule has 1 aliphatic heterocycles. The second-order valence-corrected chi connectivity index (χ2v) is 3.91. The van der Waals surface area contributed by atoms with Crippen molar-refractivity contribution in [3.63, 3.8) is 0 Å². The Hall–Kier alpha value is -0.760. The van der Waals surface area contributed by atoms with Crippen LogP contribution in [0.2, 0.25) is 0 Å². The zero-order valence-corrected chi connectivity index (χ0v) is 8.18. The summed E-state index contributed by atoms with van der Waals surface area (Å²) in [5.74, 6) is 0. The van der Waals surface area contributed by atoms with E-state index in [1.54, 1.807) is 0 Å². The smallest absolute Gasteiger partial charge is 0.0668 e. The molecule has 1 aliphatic carbocycles. The second kappa shape index (κ2) is 3.97. The molecule has 0 saturated carbocycles. The lowest BCUT2D eigenvalue weighted by Crippen LogP contribution is -2.28. The molecule has 0 aromatic rings. The number of hydrogen-bond acceptors (Lipinski definition) is 2. The van der Waals surface area contributed by atoms with Gasteiger partial charge < -0.3 is 10.1 Å². The Kier molecular flexibility index (Phi) is 2.69. The summed E-state index contributed by atoms with van der Waals surface area (Å²) >= 11 is 0. The van der Waals surface area contributed by atoms with Crippen LogP contribution in [0.25, 0.3) is 0 Å². The van der Waals surface area contributed by atoms with E-state index in [2.05, 4.69) is 24.4 Å². The summed E-state index contributed by atoms with van der Waals surface area (Å²) in [4.78, 5) is 0. The highest BCUT2D eigenvalue weighted by molar-refractivity contribution is 5.22. The minimum absolute atomic E-state index is 0.554. The van der Waals surface area contributed by atoms with Crippen LogP contribution < -0.4 is 5.32 Å². The van der Waals surface area contributed by atoms with E-state index in [1.165, 1.54) is 24.1 Å². The summed E-state index contributed by atoms with van der Waals surface area (Å²) in [5, 5.41) is 3.53. The highest BCUT2D eigenvalue weighted by Gasteiger charge is 2.16. The molecular formula is C11H17NO. The van der Waals surface area contributed by atoms with E-state index in [4.69, 9.17) is 4.74 Å². The summed E-state index contributed by atoms with van der Waals surface area (Å²) in [6.45, 7) is 3.98. The predicted molar refractivity (Wildman–Crippen MR) is 53.4 cm³/mol. The number of allylic oxidation sites excluding steroid dienone is 4. The van der Waals surface area contributed by atoms with Gasteiger partial charge in [-0.2, -0.15) is 0 Å². The molecule has 0 bridgehead atoms. The Morgan fingerprint density at radius 3 is 2.92 bits per heavy atom. The Labute approximate surface area is 79.7 Å². The van der Waals surface area contributed by atoms with Gasteiger partial charge in [-0.15, -0.1) is 0 Å². The molecule has 1 N–H and O–H groups in total. The fourth-order valence-corrected chi connectivity index (χ4v) is 1.77. The fourth-order valence-electron chi connectivity index (χ4n) is 1.77. The Morgan fingerprint density at radius 2 is 2.31 bits per heavy atom. The summed E-state index contributed by atoms with van der Waals surface area (Å²) in [6, 6.07) is 0.554. The van der Waals surface area contributed by atoms with Gasteiger partial charge in [-0.25, -0.2) is 0 Å². The van der Waals surface area contributed by atoms with E-state index >= 15 is 0 Å². The molecule has 0 radical (unpaired) electrons. The molecule has 2 nitrogen and oxygen atoms in total. The van der Waals surface area contributed by atoms with Crippen LogP contribution in [0.3, 0.4) is 0 Å². The average Bonchev–Trinajstić information content (AvgIpc) is 2.62. The van der Waals surface area contributed by atoms with Gasteiger partial charge >= 0.3 is 0 Å². The summed E-state index contributed by atoms with van der Waals surface area (Å²) < 4.78 is 5.31. The molecule has 1 heterocycles. The van der Waals surface area contributed by atoms with Crippen molar-refractivity contribution < 1.29 is 4.74 Å². The van der Waals surface area contributed by atoms with Crippen molar-refractivity contribution in [1.82, 2.24) is 5.32 Å². The van der Waals surface area contributed by atoms with Crippen molar-refractivity contribution in [2.45, 2.75) is 32.2 Å². The standard InChI is InChI=1S/C11H17NO/c1-9-2-4-10(5-3-9)12-11-6-7-13-8-11/h2,4,11-12H,3,5-8H2,1H3. The van der Waals surface area contributed by atoms with E-state index < -0.39 is 0 Å². The van der Waals surface area contributed by atoms with Gasteiger partial charge in [-0.3, -0.25) is 0 Å². The van der Waals surface area contributed by atoms with E-state index in [-0.39, 0.29) is 0 Å². The first-order valence-corrected chi connectivity index (χ1v) is 5.05. The second-order valence-electron chi connectivity index (χ2n) is 3.91. The van der Waals surface area contributed by atoms with E-state index in [9.17, 15) is 0 Å². The van der Waals surface area contributed by atoms with Crippen LogP contribution in [0, 0.1) is 0 Å². The predicted octanol–water partition coefficient (Wildman–Crippen LogP) is 1.99. The molecule has 13 heavy (non-hydrogen) atoms. The van der Waals surface area contributed by atoms with Crippen molar-refractivity contribution in [3.8, 4) is 0 Å². The molecule has 1 saturated heterocycles. The Balaban J connectivity index is 1.87. The molecule has 2 heteroatoms. The van der Waals surface area contributed by atoms with Gasteiger partial charge in [-0.1, -0.05) is 11.6 Å². The first-order valence-electron chi connectivity index (χ1n) is 5.05. The maximum absolute atomic E-state index is 5.31. The lowest BCUT2D eigenvalue weighted by molar-refractivity contribution is 0.191. The maximum atomic E-state index is 5.31. The van der Waals surface area contributed by atoms with E-state index in [0.717, 1.165) is 19.6 Å². The third-order valence-electron chi connectivity index (χ3n) is 2.68. The van der Waals surface area contributed by atoms with E-state index in [1.807, 2.05) is 0 Å². The number of rotatable bonds is 2. The zero-order valence-electron chi connectivity index (χ0n) is 8.18. The molecule has 0 aromatic heterocycles. The van der Waals surface area contributed by atoms with Gasteiger partial charge in [0, 0.05) is 12.3 Å². The van der Waals surface area contributed by atoms with Crippen LogP contribution in [0.5, 0.6) is 0 Å². The Morgan fingerprint density at radius 1 is 1.38 bits per heavy atom. The SMILES string of the molecule is CC1=CC=C(NC2CCOC2)CC1. The quantitative estimate of drug-likeness (QED) is 0.700. The summed E-state index contributed by atoms with van der Waals surface area (Å²) in [6.07, 6.45) is 7.93. The van der Waals surface area contributed by atoms with Gasteiger partial charge in [0.2, 0.25) is 0 Å². The maximum Gasteiger partial charge on any atom is 0.0668 e. The van der Waals surface area contributed by atoms with Crippen LogP contribution >= 0.6 is 0 Å². The molecule has 2 aliphatic rings. The number of nitrogens with one attached hydrogen (secondary N) is 1. The minimum atomic E-state index is 0.554. The molecule has 1 fully saturated rings. The van der Waals surface area contributed by atoms with Crippen LogP contribution in [0.15, 0.2) is 23.4 Å². The van der Waals surface area contributed by atoms with Crippen LogP contribution in [-0.2, 0) is 4.74 Å². The molecular weight excluding hydrogens is 162 g/mol. The first kappa shape index (κ1) is 8.82.